The zero-order chi connectivity index (χ0) is 28.4. The van der Waals surface area contributed by atoms with E-state index in [2.05, 4.69) is 81.1 Å². The molecule has 5 nitrogen and oxygen atoms in total. The smallest absolute Gasteiger partial charge is 0.414 e. The van der Waals surface area contributed by atoms with E-state index in [0.29, 0.717) is 18.9 Å². The van der Waals surface area contributed by atoms with Crippen LogP contribution in [0.4, 0.5) is 4.79 Å². The maximum atomic E-state index is 13.0. The molecule has 1 heterocycles. The number of rotatable bonds is 8. The number of ether oxygens (including phenoxy) is 2. The Morgan fingerprint density at radius 3 is 2.05 bits per heavy atom. The summed E-state index contributed by atoms with van der Waals surface area (Å²) in [6.45, 7) is 7.90. The summed E-state index contributed by atoms with van der Waals surface area (Å²) >= 11 is 0. The molecule has 0 bridgehead atoms. The van der Waals surface area contributed by atoms with Gasteiger partial charge in [0.05, 0.1) is 32.1 Å². The van der Waals surface area contributed by atoms with Crippen LogP contribution in [0.3, 0.4) is 0 Å². The van der Waals surface area contributed by atoms with E-state index in [4.69, 9.17) is 13.9 Å². The molecule has 0 saturated carbocycles. The lowest BCUT2D eigenvalue weighted by atomic mass is 10.0. The molecule has 3 aromatic rings. The fourth-order valence-electron chi connectivity index (χ4n) is 5.36. The summed E-state index contributed by atoms with van der Waals surface area (Å²) in [6, 6.07) is 30.9. The van der Waals surface area contributed by atoms with Crippen LogP contribution in [-0.4, -0.2) is 45.7 Å². The van der Waals surface area contributed by atoms with Gasteiger partial charge in [-0.3, -0.25) is 4.90 Å². The first-order chi connectivity index (χ1) is 19.4. The summed E-state index contributed by atoms with van der Waals surface area (Å²) in [5, 5.41) is 2.26. The van der Waals surface area contributed by atoms with E-state index in [-0.39, 0.29) is 17.7 Å². The molecular weight excluding hydrogens is 514 g/mol. The molecule has 0 aromatic heterocycles. The molecule has 1 aliphatic rings. The standard InChI is InChI=1S/C34H39NO4Si/c1-34(2,3)40(31-21-10-6-11-22-31,32-23-12-7-13-24-32)39-27-30-19-14-18-29(35(30)33(36)37-4)20-15-25-38-26-28-16-8-5-9-17-28/h5-13,16-18,21-24,30H,14,19,25-27H2,1-4H3/t30-/m0/s1. The number of hydrogen-bond donors (Lipinski definition) is 0. The van der Waals surface area contributed by atoms with Crippen LogP contribution in [0.5, 0.6) is 0 Å². The van der Waals surface area contributed by atoms with Gasteiger partial charge >= 0.3 is 6.09 Å². The summed E-state index contributed by atoms with van der Waals surface area (Å²) in [7, 11) is -1.34. The monoisotopic (exact) mass is 553 g/mol. The number of nitrogens with zero attached hydrogens (tertiary/aromatic N) is 1. The van der Waals surface area contributed by atoms with Gasteiger partial charge in [-0.25, -0.2) is 4.79 Å². The third-order valence-electron chi connectivity index (χ3n) is 7.24. The fraction of sp³-hybridized carbons (Fsp3) is 0.324. The van der Waals surface area contributed by atoms with Gasteiger partial charge in [0.1, 0.15) is 6.61 Å². The lowest BCUT2D eigenvalue weighted by Crippen LogP contribution is -2.67. The third-order valence-corrected chi connectivity index (χ3v) is 12.2. The number of amides is 1. The van der Waals surface area contributed by atoms with Crippen LogP contribution in [0.25, 0.3) is 0 Å². The number of allylic oxidation sites excluding steroid dienone is 2. The van der Waals surface area contributed by atoms with Crippen LogP contribution >= 0.6 is 0 Å². The van der Waals surface area contributed by atoms with Gasteiger partial charge in [-0.15, -0.1) is 0 Å². The van der Waals surface area contributed by atoms with Crippen molar-refractivity contribution in [2.45, 2.75) is 51.3 Å². The second-order valence-corrected chi connectivity index (χ2v) is 15.2. The fourth-order valence-corrected chi connectivity index (χ4v) is 9.95. The molecule has 0 radical (unpaired) electrons. The molecule has 0 N–H and O–H groups in total. The van der Waals surface area contributed by atoms with Crippen LogP contribution in [0.2, 0.25) is 5.04 Å². The molecule has 0 aliphatic carbocycles. The molecule has 40 heavy (non-hydrogen) atoms. The van der Waals surface area contributed by atoms with Gasteiger partial charge in [0.15, 0.2) is 0 Å². The first-order valence-electron chi connectivity index (χ1n) is 13.8. The van der Waals surface area contributed by atoms with Crippen molar-refractivity contribution in [2.75, 3.05) is 20.3 Å². The Morgan fingerprint density at radius 2 is 1.50 bits per heavy atom. The highest BCUT2D eigenvalue weighted by atomic mass is 28.4. The lowest BCUT2D eigenvalue weighted by Gasteiger charge is -2.44. The second kappa shape index (κ2) is 13.6. The number of carbonyl (C=O) groups is 1. The molecule has 3 aromatic carbocycles. The van der Waals surface area contributed by atoms with Gasteiger partial charge < -0.3 is 13.9 Å². The predicted octanol–water partition coefficient (Wildman–Crippen LogP) is 5.90. The molecule has 1 atom stereocenters. The van der Waals surface area contributed by atoms with Crippen LogP contribution < -0.4 is 10.4 Å². The summed E-state index contributed by atoms with van der Waals surface area (Å²) in [6.07, 6.45) is 3.14. The van der Waals surface area contributed by atoms with Gasteiger partial charge in [0, 0.05) is 0 Å². The predicted molar refractivity (Wildman–Crippen MR) is 163 cm³/mol. The summed E-state index contributed by atoms with van der Waals surface area (Å²) in [4.78, 5) is 14.7. The summed E-state index contributed by atoms with van der Waals surface area (Å²) in [5.41, 5.74) is 1.73. The molecular formula is C34H39NO4Si. The van der Waals surface area contributed by atoms with Gasteiger partial charge in [-0.1, -0.05) is 124 Å². The van der Waals surface area contributed by atoms with Crippen LogP contribution in [0.1, 0.15) is 39.2 Å². The summed E-state index contributed by atoms with van der Waals surface area (Å²) < 4.78 is 18.1. The number of carbonyl (C=O) groups excluding carboxylic acids is 1. The van der Waals surface area contributed by atoms with Gasteiger partial charge in [-0.05, 0) is 39.7 Å². The third kappa shape index (κ3) is 6.74. The van der Waals surface area contributed by atoms with Crippen molar-refractivity contribution in [1.29, 1.82) is 0 Å². The van der Waals surface area contributed by atoms with E-state index < -0.39 is 14.4 Å². The molecule has 0 saturated heterocycles. The maximum Gasteiger partial charge on any atom is 0.414 e. The molecule has 1 aliphatic heterocycles. The van der Waals surface area contributed by atoms with E-state index in [0.717, 1.165) is 18.4 Å². The molecule has 4 rings (SSSR count). The van der Waals surface area contributed by atoms with Crippen LogP contribution in [0.15, 0.2) is 103 Å². The Labute approximate surface area is 239 Å². The Hall–Kier alpha value is -3.63. The normalized spacial score (nSPS) is 15.6. The van der Waals surface area contributed by atoms with Gasteiger partial charge in [-0.2, -0.15) is 0 Å². The van der Waals surface area contributed by atoms with Crippen molar-refractivity contribution in [2.24, 2.45) is 0 Å². The quantitative estimate of drug-likeness (QED) is 0.198. The van der Waals surface area contributed by atoms with Crippen molar-refractivity contribution < 1.29 is 18.7 Å². The molecule has 6 heteroatoms. The minimum absolute atomic E-state index is 0.158. The van der Waals surface area contributed by atoms with Crippen molar-refractivity contribution in [3.8, 4) is 11.8 Å². The topological polar surface area (TPSA) is 48.0 Å². The number of methoxy groups -OCH3 is 1. The van der Waals surface area contributed by atoms with Gasteiger partial charge in [0.2, 0.25) is 0 Å². The maximum absolute atomic E-state index is 13.0. The Balaban J connectivity index is 1.57. The molecule has 0 spiro atoms. The van der Waals surface area contributed by atoms with E-state index in [1.54, 1.807) is 4.90 Å². The highest BCUT2D eigenvalue weighted by Crippen LogP contribution is 2.37. The molecule has 208 valence electrons. The molecule has 0 fully saturated rings. The largest absolute Gasteiger partial charge is 0.452 e. The minimum Gasteiger partial charge on any atom is -0.452 e. The van der Waals surface area contributed by atoms with E-state index >= 15 is 0 Å². The average molecular weight is 554 g/mol. The van der Waals surface area contributed by atoms with Gasteiger partial charge in [0.25, 0.3) is 8.32 Å². The van der Waals surface area contributed by atoms with Crippen molar-refractivity contribution in [3.05, 3.63) is 108 Å². The van der Waals surface area contributed by atoms with Crippen LogP contribution in [0, 0.1) is 11.8 Å². The zero-order valence-corrected chi connectivity index (χ0v) is 24.9. The average Bonchev–Trinajstić information content (AvgIpc) is 2.98. The Morgan fingerprint density at radius 1 is 0.925 bits per heavy atom. The highest BCUT2D eigenvalue weighted by molar-refractivity contribution is 6.99. The number of hydrogen-bond acceptors (Lipinski definition) is 4. The van der Waals surface area contributed by atoms with E-state index in [1.165, 1.54) is 17.5 Å². The van der Waals surface area contributed by atoms with Crippen molar-refractivity contribution in [1.82, 2.24) is 4.90 Å². The zero-order valence-electron chi connectivity index (χ0n) is 23.9. The molecule has 0 unspecified atom stereocenters. The second-order valence-electron chi connectivity index (χ2n) is 10.9. The molecule has 1 amide bonds. The SMILES string of the molecule is COC(=O)N1C(C#CCOCc2ccccc2)=CCC[C@H]1CO[Si](c1ccccc1)(c1ccccc1)C(C)(C)C. The van der Waals surface area contributed by atoms with Crippen LogP contribution in [-0.2, 0) is 20.5 Å². The lowest BCUT2D eigenvalue weighted by molar-refractivity contribution is 0.0993. The van der Waals surface area contributed by atoms with E-state index in [9.17, 15) is 4.79 Å². The van der Waals surface area contributed by atoms with Crippen molar-refractivity contribution >= 4 is 24.8 Å². The highest BCUT2D eigenvalue weighted by Gasteiger charge is 2.50. The van der Waals surface area contributed by atoms with E-state index in [1.807, 2.05) is 48.5 Å². The van der Waals surface area contributed by atoms with Crippen molar-refractivity contribution in [3.63, 3.8) is 0 Å². The minimum atomic E-state index is -2.75. The number of benzene rings is 3. The Kier molecular flexibility index (Phi) is 10.00. The summed E-state index contributed by atoms with van der Waals surface area (Å²) in [5.74, 6) is 6.24. The first-order valence-corrected chi connectivity index (χ1v) is 15.7. The Bertz CT molecular complexity index is 1280. The first kappa shape index (κ1) is 29.4.